The minimum atomic E-state index is -0.618. The van der Waals surface area contributed by atoms with Gasteiger partial charge in [-0.25, -0.2) is 4.79 Å². The van der Waals surface area contributed by atoms with Crippen molar-refractivity contribution in [2.24, 2.45) is 0 Å². The number of esters is 1. The number of rotatable bonds is 4. The van der Waals surface area contributed by atoms with Crippen molar-refractivity contribution < 1.29 is 18.4 Å². The van der Waals surface area contributed by atoms with Crippen LogP contribution in [0.25, 0.3) is 11.5 Å². The van der Waals surface area contributed by atoms with Gasteiger partial charge in [0.2, 0.25) is 0 Å². The highest BCUT2D eigenvalue weighted by Crippen LogP contribution is 2.24. The standard InChI is InChI=1S/C11H12N2O4/c1-3-8-7(5-6-16-8)9-12-13-10(17-9)11(14)15-4-2/h5-6H,3-4H2,1-2H3. The van der Waals surface area contributed by atoms with Crippen molar-refractivity contribution in [1.82, 2.24) is 10.2 Å². The van der Waals surface area contributed by atoms with Crippen molar-refractivity contribution in [2.75, 3.05) is 6.61 Å². The van der Waals surface area contributed by atoms with Crippen LogP contribution >= 0.6 is 0 Å². The lowest BCUT2D eigenvalue weighted by Crippen LogP contribution is -2.04. The maximum absolute atomic E-state index is 11.3. The van der Waals surface area contributed by atoms with E-state index < -0.39 is 5.97 Å². The van der Waals surface area contributed by atoms with E-state index in [2.05, 4.69) is 10.2 Å². The molecule has 2 aromatic rings. The van der Waals surface area contributed by atoms with Crippen molar-refractivity contribution in [1.29, 1.82) is 0 Å². The Morgan fingerprint density at radius 1 is 1.41 bits per heavy atom. The summed E-state index contributed by atoms with van der Waals surface area (Å²) in [5.41, 5.74) is 0.704. The number of furan rings is 1. The van der Waals surface area contributed by atoms with Gasteiger partial charge >= 0.3 is 11.9 Å². The molecule has 2 aromatic heterocycles. The number of carbonyl (C=O) groups excluding carboxylic acids is 1. The summed E-state index contributed by atoms with van der Waals surface area (Å²) >= 11 is 0. The van der Waals surface area contributed by atoms with Crippen LogP contribution in [-0.4, -0.2) is 22.8 Å². The number of ether oxygens (including phenoxy) is 1. The van der Waals surface area contributed by atoms with Crippen LogP contribution in [0.2, 0.25) is 0 Å². The molecule has 0 radical (unpaired) electrons. The topological polar surface area (TPSA) is 78.4 Å². The Balaban J connectivity index is 2.27. The van der Waals surface area contributed by atoms with Crippen LogP contribution in [0.1, 0.15) is 30.3 Å². The molecule has 0 N–H and O–H groups in total. The van der Waals surface area contributed by atoms with Crippen molar-refractivity contribution >= 4 is 5.97 Å². The molecule has 0 spiro atoms. The minimum Gasteiger partial charge on any atom is -0.469 e. The van der Waals surface area contributed by atoms with E-state index in [9.17, 15) is 4.79 Å². The Hall–Kier alpha value is -2.11. The van der Waals surface area contributed by atoms with Gasteiger partial charge in [0, 0.05) is 6.42 Å². The van der Waals surface area contributed by atoms with Gasteiger partial charge in [-0.2, -0.15) is 0 Å². The van der Waals surface area contributed by atoms with Crippen LogP contribution in [-0.2, 0) is 11.2 Å². The van der Waals surface area contributed by atoms with Gasteiger partial charge in [-0.15, -0.1) is 10.2 Å². The molecule has 0 saturated heterocycles. The Bertz CT molecular complexity index is 515. The lowest BCUT2D eigenvalue weighted by atomic mass is 10.2. The number of aromatic nitrogens is 2. The number of hydrogen-bond acceptors (Lipinski definition) is 6. The van der Waals surface area contributed by atoms with Crippen LogP contribution in [0.3, 0.4) is 0 Å². The second-order valence-corrected chi connectivity index (χ2v) is 3.24. The molecule has 0 aliphatic rings. The van der Waals surface area contributed by atoms with E-state index in [0.717, 1.165) is 5.76 Å². The maximum Gasteiger partial charge on any atom is 0.396 e. The largest absolute Gasteiger partial charge is 0.469 e. The van der Waals surface area contributed by atoms with Gasteiger partial charge in [0.05, 0.1) is 18.4 Å². The Labute approximate surface area is 97.6 Å². The van der Waals surface area contributed by atoms with Crippen molar-refractivity contribution in [3.8, 4) is 11.5 Å². The molecular formula is C11H12N2O4. The van der Waals surface area contributed by atoms with E-state index in [4.69, 9.17) is 13.6 Å². The average molecular weight is 236 g/mol. The third-order valence-electron chi connectivity index (χ3n) is 2.17. The van der Waals surface area contributed by atoms with Gasteiger partial charge in [-0.05, 0) is 13.0 Å². The number of aryl methyl sites for hydroxylation is 1. The molecule has 90 valence electrons. The normalized spacial score (nSPS) is 10.5. The van der Waals surface area contributed by atoms with Crippen molar-refractivity contribution in [3.05, 3.63) is 24.0 Å². The van der Waals surface area contributed by atoms with Crippen LogP contribution in [0, 0.1) is 0 Å². The van der Waals surface area contributed by atoms with E-state index in [1.165, 1.54) is 0 Å². The molecule has 2 heterocycles. The molecule has 0 unspecified atom stereocenters. The van der Waals surface area contributed by atoms with Crippen LogP contribution in [0.4, 0.5) is 0 Å². The molecule has 0 aliphatic carbocycles. The zero-order valence-corrected chi connectivity index (χ0v) is 9.60. The fraction of sp³-hybridized carbons (Fsp3) is 0.364. The fourth-order valence-electron chi connectivity index (χ4n) is 1.41. The first-order valence-electron chi connectivity index (χ1n) is 5.33. The average Bonchev–Trinajstić information content (AvgIpc) is 2.97. The second-order valence-electron chi connectivity index (χ2n) is 3.24. The molecule has 0 atom stereocenters. The van der Waals surface area contributed by atoms with E-state index in [1.54, 1.807) is 19.3 Å². The van der Waals surface area contributed by atoms with Gasteiger partial charge in [0.25, 0.3) is 5.89 Å². The third-order valence-corrected chi connectivity index (χ3v) is 2.17. The van der Waals surface area contributed by atoms with Crippen LogP contribution < -0.4 is 0 Å². The monoisotopic (exact) mass is 236 g/mol. The summed E-state index contributed by atoms with van der Waals surface area (Å²) in [5, 5.41) is 7.43. The summed E-state index contributed by atoms with van der Waals surface area (Å²) in [6.07, 6.45) is 2.25. The lowest BCUT2D eigenvalue weighted by Gasteiger charge is -1.95. The lowest BCUT2D eigenvalue weighted by molar-refractivity contribution is 0.0481. The zero-order chi connectivity index (χ0) is 12.3. The number of carbonyl (C=O) groups is 1. The van der Waals surface area contributed by atoms with Gasteiger partial charge < -0.3 is 13.6 Å². The van der Waals surface area contributed by atoms with Crippen molar-refractivity contribution in [3.63, 3.8) is 0 Å². The first-order chi connectivity index (χ1) is 8.26. The molecule has 17 heavy (non-hydrogen) atoms. The highest BCUT2D eigenvalue weighted by atomic mass is 16.5. The van der Waals surface area contributed by atoms with Crippen molar-refractivity contribution in [2.45, 2.75) is 20.3 Å². The molecular weight excluding hydrogens is 224 g/mol. The van der Waals surface area contributed by atoms with Gasteiger partial charge in [0.1, 0.15) is 5.76 Å². The zero-order valence-electron chi connectivity index (χ0n) is 9.60. The summed E-state index contributed by atoms with van der Waals surface area (Å²) in [6, 6.07) is 1.72. The summed E-state index contributed by atoms with van der Waals surface area (Å²) in [5.74, 6) is 0.237. The van der Waals surface area contributed by atoms with Crippen LogP contribution in [0.5, 0.6) is 0 Å². The smallest absolute Gasteiger partial charge is 0.396 e. The molecule has 0 bridgehead atoms. The molecule has 0 aliphatic heterocycles. The predicted molar refractivity (Wildman–Crippen MR) is 57.3 cm³/mol. The molecule has 0 fully saturated rings. The highest BCUT2D eigenvalue weighted by Gasteiger charge is 2.19. The number of nitrogens with zero attached hydrogens (tertiary/aromatic N) is 2. The van der Waals surface area contributed by atoms with Gasteiger partial charge in [-0.3, -0.25) is 0 Å². The van der Waals surface area contributed by atoms with Gasteiger partial charge in [0.15, 0.2) is 0 Å². The quantitative estimate of drug-likeness (QED) is 0.756. The third kappa shape index (κ3) is 2.20. The summed E-state index contributed by atoms with van der Waals surface area (Å²) < 4.78 is 15.2. The molecule has 0 aromatic carbocycles. The predicted octanol–water partition coefficient (Wildman–Crippen LogP) is 2.07. The van der Waals surface area contributed by atoms with E-state index in [-0.39, 0.29) is 18.4 Å². The fourth-order valence-corrected chi connectivity index (χ4v) is 1.41. The highest BCUT2D eigenvalue weighted by molar-refractivity contribution is 5.84. The molecule has 0 saturated carbocycles. The Morgan fingerprint density at radius 2 is 2.24 bits per heavy atom. The molecule has 0 amide bonds. The first kappa shape index (κ1) is 11.4. The molecule has 2 rings (SSSR count). The SMILES string of the molecule is CCOC(=O)c1nnc(-c2ccoc2CC)o1. The number of hydrogen-bond donors (Lipinski definition) is 0. The first-order valence-corrected chi connectivity index (χ1v) is 5.33. The Morgan fingerprint density at radius 3 is 2.94 bits per heavy atom. The summed E-state index contributed by atoms with van der Waals surface area (Å²) in [4.78, 5) is 11.3. The van der Waals surface area contributed by atoms with Gasteiger partial charge in [-0.1, -0.05) is 6.92 Å². The van der Waals surface area contributed by atoms with E-state index in [0.29, 0.717) is 12.0 Å². The van der Waals surface area contributed by atoms with E-state index >= 15 is 0 Å². The second kappa shape index (κ2) is 4.82. The summed E-state index contributed by atoms with van der Waals surface area (Å²) in [7, 11) is 0. The van der Waals surface area contributed by atoms with E-state index in [1.807, 2.05) is 6.92 Å². The minimum absolute atomic E-state index is 0.148. The Kier molecular flexibility index (Phi) is 3.22. The molecule has 6 nitrogen and oxygen atoms in total. The van der Waals surface area contributed by atoms with Crippen LogP contribution in [0.15, 0.2) is 21.2 Å². The maximum atomic E-state index is 11.3. The molecule has 6 heteroatoms. The summed E-state index contributed by atoms with van der Waals surface area (Å²) in [6.45, 7) is 3.92.